The van der Waals surface area contributed by atoms with Crippen molar-refractivity contribution in [1.82, 2.24) is 4.90 Å². The quantitative estimate of drug-likeness (QED) is 0.909. The van der Waals surface area contributed by atoms with Crippen molar-refractivity contribution in [3.05, 3.63) is 29.6 Å². The first-order valence-electron chi connectivity index (χ1n) is 6.43. The van der Waals surface area contributed by atoms with Crippen molar-refractivity contribution < 1.29 is 9.18 Å². The van der Waals surface area contributed by atoms with Crippen LogP contribution in [-0.2, 0) is 0 Å². The van der Waals surface area contributed by atoms with Gasteiger partial charge in [0.1, 0.15) is 5.82 Å². The van der Waals surface area contributed by atoms with Crippen LogP contribution in [0.1, 0.15) is 38.1 Å². The molecule has 0 aliphatic carbocycles. The molecule has 1 aromatic carbocycles. The second kappa shape index (κ2) is 5.59. The number of para-hydroxylation sites is 1. The predicted octanol–water partition coefficient (Wildman–Crippen LogP) is 3.37. The minimum Gasteiger partial charge on any atom is -0.385 e. The first-order valence-corrected chi connectivity index (χ1v) is 6.43. The fraction of sp³-hybridized carbons (Fsp3) is 0.533. The Bertz CT molecular complexity index is 466. The molecule has 0 spiro atoms. The molecule has 0 aliphatic rings. The lowest BCUT2D eigenvalue weighted by atomic mass is 9.87. The normalized spacial score (nSPS) is 13.0. The highest BCUT2D eigenvalue weighted by Gasteiger charge is 2.28. The Labute approximate surface area is 114 Å². The molecule has 1 aromatic rings. The van der Waals surface area contributed by atoms with E-state index < -0.39 is 5.82 Å². The highest BCUT2D eigenvalue weighted by Crippen LogP contribution is 2.26. The van der Waals surface area contributed by atoms with Crippen LogP contribution in [0, 0.1) is 11.2 Å². The van der Waals surface area contributed by atoms with Crippen LogP contribution >= 0.6 is 0 Å². The Morgan fingerprint density at radius 1 is 1.37 bits per heavy atom. The molecule has 1 amide bonds. The van der Waals surface area contributed by atoms with E-state index in [0.717, 1.165) is 0 Å². The smallest absolute Gasteiger partial charge is 0.256 e. The van der Waals surface area contributed by atoms with Crippen molar-refractivity contribution in [2.75, 3.05) is 19.4 Å². The molecular formula is C15H23FN2O. The van der Waals surface area contributed by atoms with E-state index in [2.05, 4.69) is 26.1 Å². The lowest BCUT2D eigenvalue weighted by Gasteiger charge is -2.35. The zero-order valence-corrected chi connectivity index (χ0v) is 12.5. The molecule has 0 aliphatic heterocycles. The zero-order chi connectivity index (χ0) is 14.8. The van der Waals surface area contributed by atoms with E-state index in [-0.39, 0.29) is 23.1 Å². The number of benzene rings is 1. The lowest BCUT2D eigenvalue weighted by Crippen LogP contribution is -2.43. The summed E-state index contributed by atoms with van der Waals surface area (Å²) < 4.78 is 13.7. The maximum Gasteiger partial charge on any atom is 0.256 e. The number of hydrogen-bond donors (Lipinski definition) is 1. The summed E-state index contributed by atoms with van der Waals surface area (Å²) in [5.74, 6) is -0.587. The van der Waals surface area contributed by atoms with Crippen molar-refractivity contribution in [1.29, 1.82) is 0 Å². The van der Waals surface area contributed by atoms with Crippen LogP contribution in [0.4, 0.5) is 10.1 Å². The molecule has 0 radical (unpaired) electrons. The summed E-state index contributed by atoms with van der Waals surface area (Å²) >= 11 is 0. The Balaban J connectivity index is 3.11. The molecule has 3 nitrogen and oxygen atoms in total. The van der Waals surface area contributed by atoms with Gasteiger partial charge in [-0.25, -0.2) is 4.39 Å². The van der Waals surface area contributed by atoms with Gasteiger partial charge in [-0.15, -0.1) is 0 Å². The van der Waals surface area contributed by atoms with E-state index in [4.69, 9.17) is 0 Å². The van der Waals surface area contributed by atoms with Crippen molar-refractivity contribution in [2.45, 2.75) is 33.7 Å². The molecule has 1 N–H and O–H groups in total. The van der Waals surface area contributed by atoms with E-state index in [9.17, 15) is 9.18 Å². The monoisotopic (exact) mass is 266 g/mol. The highest BCUT2D eigenvalue weighted by atomic mass is 19.1. The van der Waals surface area contributed by atoms with Crippen LogP contribution in [0.2, 0.25) is 0 Å². The van der Waals surface area contributed by atoms with Crippen LogP contribution in [0.15, 0.2) is 18.2 Å². The van der Waals surface area contributed by atoms with Gasteiger partial charge in [0.25, 0.3) is 5.91 Å². The summed E-state index contributed by atoms with van der Waals surface area (Å²) in [5.41, 5.74) is 0.582. The molecule has 1 rings (SSSR count). The number of rotatable bonds is 3. The predicted molar refractivity (Wildman–Crippen MR) is 77.0 cm³/mol. The van der Waals surface area contributed by atoms with Crippen LogP contribution in [0.25, 0.3) is 0 Å². The van der Waals surface area contributed by atoms with Gasteiger partial charge in [-0.3, -0.25) is 4.79 Å². The fourth-order valence-electron chi connectivity index (χ4n) is 1.90. The fourth-order valence-corrected chi connectivity index (χ4v) is 1.90. The molecule has 0 saturated carbocycles. The van der Waals surface area contributed by atoms with Gasteiger partial charge in [-0.2, -0.15) is 0 Å². The molecule has 0 fully saturated rings. The average Bonchev–Trinajstić information content (AvgIpc) is 2.34. The topological polar surface area (TPSA) is 32.3 Å². The van der Waals surface area contributed by atoms with E-state index >= 15 is 0 Å². The van der Waals surface area contributed by atoms with Crippen LogP contribution in [0.3, 0.4) is 0 Å². The first-order chi connectivity index (χ1) is 8.70. The molecule has 0 aromatic heterocycles. The molecular weight excluding hydrogens is 243 g/mol. The molecule has 0 heterocycles. The second-order valence-corrected chi connectivity index (χ2v) is 5.87. The number of amides is 1. The standard InChI is InChI=1S/C15H23FN2O/c1-10(15(2,3)4)18(6)14(19)11-8-7-9-12(16)13(11)17-5/h7-10,17H,1-6H3. The Kier molecular flexibility index (Phi) is 4.56. The van der Waals surface area contributed by atoms with E-state index in [1.165, 1.54) is 6.07 Å². The van der Waals surface area contributed by atoms with E-state index in [1.54, 1.807) is 31.1 Å². The van der Waals surface area contributed by atoms with Gasteiger partial charge in [0, 0.05) is 20.1 Å². The zero-order valence-electron chi connectivity index (χ0n) is 12.5. The first kappa shape index (κ1) is 15.5. The maximum atomic E-state index is 13.7. The van der Waals surface area contributed by atoms with E-state index in [1.807, 2.05) is 6.92 Å². The minimum atomic E-state index is -0.412. The van der Waals surface area contributed by atoms with Crippen LogP contribution < -0.4 is 5.32 Å². The Hall–Kier alpha value is -1.58. The number of carbonyl (C=O) groups excluding carboxylic acids is 1. The third-order valence-electron chi connectivity index (χ3n) is 3.65. The summed E-state index contributed by atoms with van der Waals surface area (Å²) in [6.45, 7) is 8.22. The van der Waals surface area contributed by atoms with Crippen LogP contribution in [0.5, 0.6) is 0 Å². The number of nitrogens with one attached hydrogen (secondary N) is 1. The van der Waals surface area contributed by atoms with Gasteiger partial charge in [0.15, 0.2) is 0 Å². The molecule has 4 heteroatoms. The van der Waals surface area contributed by atoms with Crippen LogP contribution in [-0.4, -0.2) is 30.9 Å². The molecule has 1 unspecified atom stereocenters. The molecule has 106 valence electrons. The maximum absolute atomic E-state index is 13.7. The van der Waals surface area contributed by atoms with Crippen molar-refractivity contribution in [2.24, 2.45) is 5.41 Å². The average molecular weight is 266 g/mol. The molecule has 0 bridgehead atoms. The summed E-state index contributed by atoms with van der Waals surface area (Å²) in [6, 6.07) is 4.59. The second-order valence-electron chi connectivity index (χ2n) is 5.87. The number of carbonyl (C=O) groups is 1. The lowest BCUT2D eigenvalue weighted by molar-refractivity contribution is 0.0630. The van der Waals surface area contributed by atoms with Gasteiger partial charge in [-0.1, -0.05) is 26.8 Å². The largest absolute Gasteiger partial charge is 0.385 e. The van der Waals surface area contributed by atoms with Gasteiger partial charge < -0.3 is 10.2 Å². The number of nitrogens with zero attached hydrogens (tertiary/aromatic N) is 1. The third-order valence-corrected chi connectivity index (χ3v) is 3.65. The van der Waals surface area contributed by atoms with E-state index in [0.29, 0.717) is 5.56 Å². The summed E-state index contributed by atoms with van der Waals surface area (Å²) in [5, 5.41) is 2.75. The van der Waals surface area contributed by atoms with Crippen molar-refractivity contribution >= 4 is 11.6 Å². The summed E-state index contributed by atoms with van der Waals surface area (Å²) in [7, 11) is 3.37. The van der Waals surface area contributed by atoms with Crippen molar-refractivity contribution in [3.8, 4) is 0 Å². The molecule has 1 atom stereocenters. The number of anilines is 1. The summed E-state index contributed by atoms with van der Waals surface area (Å²) in [4.78, 5) is 14.1. The van der Waals surface area contributed by atoms with Gasteiger partial charge in [0.2, 0.25) is 0 Å². The van der Waals surface area contributed by atoms with Gasteiger partial charge in [0.05, 0.1) is 11.3 Å². The summed E-state index contributed by atoms with van der Waals surface area (Å²) in [6.07, 6.45) is 0. The Morgan fingerprint density at radius 3 is 2.42 bits per heavy atom. The Morgan fingerprint density at radius 2 is 1.95 bits per heavy atom. The molecule has 0 saturated heterocycles. The molecule has 19 heavy (non-hydrogen) atoms. The van der Waals surface area contributed by atoms with Gasteiger partial charge in [-0.05, 0) is 24.5 Å². The minimum absolute atomic E-state index is 0.0302. The number of hydrogen-bond acceptors (Lipinski definition) is 2. The van der Waals surface area contributed by atoms with Crippen molar-refractivity contribution in [3.63, 3.8) is 0 Å². The SMILES string of the molecule is CNc1c(F)cccc1C(=O)N(C)C(C)C(C)(C)C. The number of halogens is 1. The third kappa shape index (κ3) is 3.25. The van der Waals surface area contributed by atoms with Gasteiger partial charge >= 0.3 is 0 Å². The highest BCUT2D eigenvalue weighted by molar-refractivity contribution is 5.99.